The first-order chi connectivity index (χ1) is 10.3. The molecule has 1 amide bonds. The SMILES string of the molecule is CCCN1C(=O)COc2ccc(CC3CCCCN3)cc21. The lowest BCUT2D eigenvalue weighted by Gasteiger charge is -2.30. The molecule has 0 aromatic heterocycles. The largest absolute Gasteiger partial charge is 0.482 e. The molecule has 4 nitrogen and oxygen atoms in total. The molecule has 1 N–H and O–H groups in total. The summed E-state index contributed by atoms with van der Waals surface area (Å²) in [5.41, 5.74) is 2.23. The van der Waals surface area contributed by atoms with Crippen molar-refractivity contribution in [2.45, 2.75) is 45.1 Å². The summed E-state index contributed by atoms with van der Waals surface area (Å²) in [7, 11) is 0. The first-order valence-electron chi connectivity index (χ1n) is 8.07. The Hall–Kier alpha value is -1.55. The predicted octanol–water partition coefficient (Wildman–Crippen LogP) is 2.51. The molecule has 0 radical (unpaired) electrons. The molecule has 0 spiro atoms. The quantitative estimate of drug-likeness (QED) is 0.925. The topological polar surface area (TPSA) is 41.6 Å². The molecule has 0 aliphatic carbocycles. The van der Waals surface area contributed by atoms with Crippen LogP contribution >= 0.6 is 0 Å². The number of fused-ring (bicyclic) bond motifs is 1. The Bertz CT molecular complexity index is 510. The third kappa shape index (κ3) is 3.21. The molecule has 1 unspecified atom stereocenters. The van der Waals surface area contributed by atoms with Crippen molar-refractivity contribution in [3.63, 3.8) is 0 Å². The molecule has 2 aliphatic heterocycles. The van der Waals surface area contributed by atoms with Crippen LogP contribution in [0.4, 0.5) is 5.69 Å². The van der Waals surface area contributed by atoms with Crippen molar-refractivity contribution in [1.82, 2.24) is 5.32 Å². The van der Waals surface area contributed by atoms with Crippen molar-refractivity contribution in [3.8, 4) is 5.75 Å². The molecule has 1 fully saturated rings. The zero-order valence-corrected chi connectivity index (χ0v) is 12.7. The normalized spacial score (nSPS) is 21.9. The fourth-order valence-corrected chi connectivity index (χ4v) is 3.23. The van der Waals surface area contributed by atoms with Crippen molar-refractivity contribution in [3.05, 3.63) is 23.8 Å². The van der Waals surface area contributed by atoms with Crippen LogP contribution in [0.15, 0.2) is 18.2 Å². The Morgan fingerprint density at radius 1 is 1.38 bits per heavy atom. The number of carbonyl (C=O) groups is 1. The number of carbonyl (C=O) groups excluding carboxylic acids is 1. The average Bonchev–Trinajstić information content (AvgIpc) is 2.51. The lowest BCUT2D eigenvalue weighted by molar-refractivity contribution is -0.121. The molecule has 1 aromatic rings. The van der Waals surface area contributed by atoms with E-state index in [1.165, 1.54) is 24.8 Å². The summed E-state index contributed by atoms with van der Waals surface area (Å²) in [5, 5.41) is 3.58. The van der Waals surface area contributed by atoms with Crippen molar-refractivity contribution in [1.29, 1.82) is 0 Å². The molecule has 2 heterocycles. The predicted molar refractivity (Wildman–Crippen MR) is 83.9 cm³/mol. The van der Waals surface area contributed by atoms with Crippen molar-refractivity contribution < 1.29 is 9.53 Å². The fraction of sp³-hybridized carbons (Fsp3) is 0.588. The van der Waals surface area contributed by atoms with E-state index in [4.69, 9.17) is 4.74 Å². The van der Waals surface area contributed by atoms with Gasteiger partial charge in [0.15, 0.2) is 6.61 Å². The molecular weight excluding hydrogens is 264 g/mol. The average molecular weight is 288 g/mol. The van der Waals surface area contributed by atoms with Gasteiger partial charge in [0.25, 0.3) is 5.91 Å². The van der Waals surface area contributed by atoms with E-state index < -0.39 is 0 Å². The van der Waals surface area contributed by atoms with Gasteiger partial charge in [0.1, 0.15) is 5.75 Å². The van der Waals surface area contributed by atoms with E-state index in [0.717, 1.165) is 37.4 Å². The Morgan fingerprint density at radius 2 is 2.29 bits per heavy atom. The second-order valence-corrected chi connectivity index (χ2v) is 5.99. The first kappa shape index (κ1) is 14.4. The summed E-state index contributed by atoms with van der Waals surface area (Å²) in [6.45, 7) is 4.15. The fourth-order valence-electron chi connectivity index (χ4n) is 3.23. The zero-order chi connectivity index (χ0) is 14.7. The van der Waals surface area contributed by atoms with Gasteiger partial charge >= 0.3 is 0 Å². The number of anilines is 1. The van der Waals surface area contributed by atoms with Crippen LogP contribution in [-0.4, -0.2) is 31.6 Å². The van der Waals surface area contributed by atoms with Gasteiger partial charge in [-0.05, 0) is 49.9 Å². The minimum atomic E-state index is 0.0669. The van der Waals surface area contributed by atoms with Gasteiger partial charge in [-0.2, -0.15) is 0 Å². The van der Waals surface area contributed by atoms with Gasteiger partial charge in [-0.3, -0.25) is 4.79 Å². The molecule has 4 heteroatoms. The maximum atomic E-state index is 12.0. The van der Waals surface area contributed by atoms with Gasteiger partial charge in [-0.25, -0.2) is 0 Å². The minimum Gasteiger partial charge on any atom is -0.482 e. The van der Waals surface area contributed by atoms with Gasteiger partial charge in [0.2, 0.25) is 0 Å². The highest BCUT2D eigenvalue weighted by Crippen LogP contribution is 2.33. The van der Waals surface area contributed by atoms with E-state index in [1.807, 2.05) is 11.0 Å². The first-order valence-corrected chi connectivity index (χ1v) is 8.07. The maximum absolute atomic E-state index is 12.0. The molecular formula is C17H24N2O2. The van der Waals surface area contributed by atoms with Gasteiger partial charge in [-0.15, -0.1) is 0 Å². The second-order valence-electron chi connectivity index (χ2n) is 5.99. The van der Waals surface area contributed by atoms with Crippen molar-refractivity contribution in [2.24, 2.45) is 0 Å². The molecule has 1 saturated heterocycles. The molecule has 3 rings (SSSR count). The smallest absolute Gasteiger partial charge is 0.265 e. The number of nitrogens with one attached hydrogen (secondary N) is 1. The van der Waals surface area contributed by atoms with Crippen LogP contribution in [0.3, 0.4) is 0 Å². The summed E-state index contributed by atoms with van der Waals surface area (Å²) in [5.74, 6) is 0.903. The molecule has 114 valence electrons. The molecule has 0 bridgehead atoms. The number of hydrogen-bond acceptors (Lipinski definition) is 3. The number of nitrogens with zero attached hydrogens (tertiary/aromatic N) is 1. The van der Waals surface area contributed by atoms with Crippen molar-refractivity contribution in [2.75, 3.05) is 24.6 Å². The summed E-state index contributed by atoms with van der Waals surface area (Å²) in [6, 6.07) is 6.85. The monoisotopic (exact) mass is 288 g/mol. The molecule has 1 atom stereocenters. The van der Waals surface area contributed by atoms with Crippen LogP contribution in [0.25, 0.3) is 0 Å². The van der Waals surface area contributed by atoms with Crippen molar-refractivity contribution >= 4 is 11.6 Å². The second kappa shape index (κ2) is 6.48. The van der Waals surface area contributed by atoms with E-state index in [-0.39, 0.29) is 12.5 Å². The lowest BCUT2D eigenvalue weighted by Crippen LogP contribution is -2.39. The number of piperidine rings is 1. The summed E-state index contributed by atoms with van der Waals surface area (Å²) < 4.78 is 5.55. The Morgan fingerprint density at radius 3 is 3.05 bits per heavy atom. The minimum absolute atomic E-state index is 0.0669. The third-order valence-corrected chi connectivity index (χ3v) is 4.31. The lowest BCUT2D eigenvalue weighted by atomic mass is 9.97. The summed E-state index contributed by atoms with van der Waals surface area (Å²) in [4.78, 5) is 13.9. The highest BCUT2D eigenvalue weighted by molar-refractivity contribution is 5.97. The van der Waals surface area contributed by atoms with E-state index in [9.17, 15) is 4.79 Å². The molecule has 21 heavy (non-hydrogen) atoms. The third-order valence-electron chi connectivity index (χ3n) is 4.31. The van der Waals surface area contributed by atoms with Crippen LogP contribution in [-0.2, 0) is 11.2 Å². The Balaban J connectivity index is 1.79. The van der Waals surface area contributed by atoms with Crippen LogP contribution < -0.4 is 15.0 Å². The Labute approximate surface area is 126 Å². The molecule has 2 aliphatic rings. The van der Waals surface area contributed by atoms with Gasteiger partial charge in [-0.1, -0.05) is 19.4 Å². The van der Waals surface area contributed by atoms with Gasteiger partial charge in [0.05, 0.1) is 5.69 Å². The van der Waals surface area contributed by atoms with E-state index in [1.54, 1.807) is 0 Å². The highest BCUT2D eigenvalue weighted by Gasteiger charge is 2.25. The van der Waals surface area contributed by atoms with E-state index >= 15 is 0 Å². The zero-order valence-electron chi connectivity index (χ0n) is 12.7. The van der Waals surface area contributed by atoms with Gasteiger partial charge < -0.3 is 15.0 Å². The number of ether oxygens (including phenoxy) is 1. The summed E-state index contributed by atoms with van der Waals surface area (Å²) >= 11 is 0. The standard InChI is InChI=1S/C17H24N2O2/c1-2-9-19-15-11-13(10-14-5-3-4-8-18-14)6-7-16(15)21-12-17(19)20/h6-7,11,14,18H,2-5,8-10,12H2,1H3. The van der Waals surface area contributed by atoms with Gasteiger partial charge in [0, 0.05) is 12.6 Å². The van der Waals surface area contributed by atoms with E-state index in [2.05, 4.69) is 24.4 Å². The van der Waals surface area contributed by atoms with Crippen LogP contribution in [0.2, 0.25) is 0 Å². The molecule has 1 aromatic carbocycles. The number of hydrogen-bond donors (Lipinski definition) is 1. The highest BCUT2D eigenvalue weighted by atomic mass is 16.5. The Kier molecular flexibility index (Phi) is 4.44. The van der Waals surface area contributed by atoms with Crippen LogP contribution in [0.5, 0.6) is 5.75 Å². The number of rotatable bonds is 4. The molecule has 0 saturated carbocycles. The van der Waals surface area contributed by atoms with E-state index in [0.29, 0.717) is 6.04 Å². The number of benzene rings is 1. The summed E-state index contributed by atoms with van der Waals surface area (Å²) in [6.07, 6.45) is 5.83. The maximum Gasteiger partial charge on any atom is 0.265 e. The number of amides is 1. The van der Waals surface area contributed by atoms with Crippen LogP contribution in [0, 0.1) is 0 Å². The van der Waals surface area contributed by atoms with Crippen LogP contribution in [0.1, 0.15) is 38.2 Å².